The van der Waals surface area contributed by atoms with E-state index >= 15 is 0 Å². The zero-order chi connectivity index (χ0) is 23.3. The number of hydrogen-bond acceptors (Lipinski definition) is 3. The second-order valence-electron chi connectivity index (χ2n) is 10.9. The van der Waals surface area contributed by atoms with E-state index in [1.165, 1.54) is 22.0 Å². The Kier molecular flexibility index (Phi) is 5.98. The molecule has 0 spiro atoms. The Labute approximate surface area is 197 Å². The van der Waals surface area contributed by atoms with Crippen LogP contribution < -0.4 is 10.6 Å². The molecule has 2 N–H and O–H groups in total. The van der Waals surface area contributed by atoms with E-state index in [1.54, 1.807) is 6.92 Å². The lowest BCUT2D eigenvalue weighted by atomic mass is 9.72. The van der Waals surface area contributed by atoms with Crippen LogP contribution in [0.5, 0.6) is 0 Å². The number of nitrogens with zero attached hydrogens (tertiary/aromatic N) is 2. The van der Waals surface area contributed by atoms with Gasteiger partial charge in [0.2, 0.25) is 11.8 Å². The van der Waals surface area contributed by atoms with E-state index in [0.717, 1.165) is 45.1 Å². The van der Waals surface area contributed by atoms with Crippen molar-refractivity contribution in [2.24, 2.45) is 5.92 Å². The smallest absolute Gasteiger partial charge is 0.224 e. The van der Waals surface area contributed by atoms with Crippen LogP contribution in [0.4, 0.5) is 0 Å². The van der Waals surface area contributed by atoms with E-state index in [9.17, 15) is 9.59 Å². The molecule has 2 aliphatic carbocycles. The lowest BCUT2D eigenvalue weighted by Crippen LogP contribution is -2.53. The fourth-order valence-electron chi connectivity index (χ4n) is 6.68. The first kappa shape index (κ1) is 22.5. The molecule has 2 amide bonds. The maximum Gasteiger partial charge on any atom is 0.224 e. The molecule has 2 fully saturated rings. The average molecular weight is 451 g/mol. The van der Waals surface area contributed by atoms with Crippen molar-refractivity contribution in [1.29, 1.82) is 0 Å². The zero-order valence-corrected chi connectivity index (χ0v) is 20.4. The highest BCUT2D eigenvalue weighted by atomic mass is 16.2. The molecule has 2 heterocycles. The van der Waals surface area contributed by atoms with Crippen LogP contribution in [0, 0.1) is 5.92 Å². The second-order valence-corrected chi connectivity index (χ2v) is 10.9. The maximum absolute atomic E-state index is 13.3. The van der Waals surface area contributed by atoms with Gasteiger partial charge in [0.1, 0.15) is 0 Å². The molecule has 5 rings (SSSR count). The van der Waals surface area contributed by atoms with Crippen LogP contribution in [-0.4, -0.2) is 53.0 Å². The quantitative estimate of drug-likeness (QED) is 0.746. The number of aromatic nitrogens is 1. The van der Waals surface area contributed by atoms with Gasteiger partial charge in [0, 0.05) is 60.7 Å². The number of likely N-dealkylation sites (tertiary alicyclic amines) is 1. The molecule has 1 aliphatic heterocycles. The van der Waals surface area contributed by atoms with Gasteiger partial charge in [-0.05, 0) is 76.6 Å². The summed E-state index contributed by atoms with van der Waals surface area (Å²) < 4.78 is 2.41. The SMILES string of the molecule is CC(=O)NC1CCC(NC(=O)C2C[C@@H]3c4cccc5c4c(cn5C(C)C)C[C@H]3N(C)C2)CC1. The number of amides is 2. The topological polar surface area (TPSA) is 66.4 Å². The predicted molar refractivity (Wildman–Crippen MR) is 131 cm³/mol. The fourth-order valence-corrected chi connectivity index (χ4v) is 6.68. The lowest BCUT2D eigenvalue weighted by Gasteiger charge is -2.45. The standard InChI is InChI=1S/C27H38N4O2/c1-16(2)31-15-18-13-25-23(22-6-5-7-24(31)26(18)22)12-19(14-30(25)4)27(33)29-21-10-8-20(9-11-21)28-17(3)32/h5-7,15-16,19-21,23,25H,8-14H2,1-4H3,(H,28,32)(H,29,33)/t19?,20?,21?,23-,25-/m1/s1. The van der Waals surface area contributed by atoms with E-state index < -0.39 is 0 Å². The Bertz CT molecular complexity index is 1050. The third-order valence-electron chi connectivity index (χ3n) is 8.28. The summed E-state index contributed by atoms with van der Waals surface area (Å²) in [7, 11) is 2.19. The summed E-state index contributed by atoms with van der Waals surface area (Å²) in [6.45, 7) is 6.89. The van der Waals surface area contributed by atoms with E-state index in [1.807, 2.05) is 0 Å². The van der Waals surface area contributed by atoms with Gasteiger partial charge >= 0.3 is 0 Å². The normalized spacial score (nSPS) is 29.7. The molecule has 1 aromatic carbocycles. The molecule has 33 heavy (non-hydrogen) atoms. The molecule has 2 aromatic rings. The number of carbonyl (C=O) groups excluding carboxylic acids is 2. The van der Waals surface area contributed by atoms with Crippen LogP contribution in [0.2, 0.25) is 0 Å². The Balaban J connectivity index is 1.31. The van der Waals surface area contributed by atoms with E-state index in [2.05, 4.69) is 65.4 Å². The zero-order valence-electron chi connectivity index (χ0n) is 20.4. The third kappa shape index (κ3) is 4.18. The molecule has 1 saturated carbocycles. The fraction of sp³-hybridized carbons (Fsp3) is 0.630. The summed E-state index contributed by atoms with van der Waals surface area (Å²) >= 11 is 0. The lowest BCUT2D eigenvalue weighted by molar-refractivity contribution is -0.128. The maximum atomic E-state index is 13.3. The van der Waals surface area contributed by atoms with Crippen LogP contribution in [0.25, 0.3) is 10.9 Å². The van der Waals surface area contributed by atoms with Gasteiger partial charge in [-0.2, -0.15) is 0 Å². The van der Waals surface area contributed by atoms with E-state index in [4.69, 9.17) is 0 Å². The van der Waals surface area contributed by atoms with Crippen molar-refractivity contribution in [2.45, 2.75) is 89.4 Å². The summed E-state index contributed by atoms with van der Waals surface area (Å²) in [5, 5.41) is 7.81. The Morgan fingerprint density at radius 3 is 2.42 bits per heavy atom. The summed E-state index contributed by atoms with van der Waals surface area (Å²) in [5.41, 5.74) is 4.22. The first-order valence-electron chi connectivity index (χ1n) is 12.7. The molecule has 6 heteroatoms. The minimum atomic E-state index is 0.0216. The molecule has 3 atom stereocenters. The van der Waals surface area contributed by atoms with Gasteiger partial charge in [0.05, 0.1) is 5.92 Å². The van der Waals surface area contributed by atoms with Crippen molar-refractivity contribution in [3.8, 4) is 0 Å². The van der Waals surface area contributed by atoms with Gasteiger partial charge in [0.25, 0.3) is 0 Å². The van der Waals surface area contributed by atoms with Gasteiger partial charge in [0.15, 0.2) is 0 Å². The van der Waals surface area contributed by atoms with Crippen molar-refractivity contribution in [1.82, 2.24) is 20.1 Å². The monoisotopic (exact) mass is 450 g/mol. The number of piperidine rings is 1. The highest BCUT2D eigenvalue weighted by molar-refractivity contribution is 5.89. The first-order valence-corrected chi connectivity index (χ1v) is 12.7. The van der Waals surface area contributed by atoms with Crippen molar-refractivity contribution >= 4 is 22.7 Å². The molecular weight excluding hydrogens is 412 g/mol. The number of nitrogens with one attached hydrogen (secondary N) is 2. The third-order valence-corrected chi connectivity index (χ3v) is 8.28. The van der Waals surface area contributed by atoms with E-state index in [0.29, 0.717) is 18.0 Å². The van der Waals surface area contributed by atoms with Crippen molar-refractivity contribution in [2.75, 3.05) is 13.6 Å². The Morgan fingerprint density at radius 1 is 1.06 bits per heavy atom. The summed E-state index contributed by atoms with van der Waals surface area (Å²) in [4.78, 5) is 27.1. The van der Waals surface area contributed by atoms with E-state index in [-0.39, 0.29) is 29.8 Å². The van der Waals surface area contributed by atoms with Gasteiger partial charge < -0.3 is 20.1 Å². The largest absolute Gasteiger partial charge is 0.354 e. The highest BCUT2D eigenvalue weighted by Crippen LogP contribution is 2.45. The molecule has 3 aliphatic rings. The van der Waals surface area contributed by atoms with Crippen molar-refractivity contribution in [3.05, 3.63) is 35.5 Å². The van der Waals surface area contributed by atoms with Crippen LogP contribution in [0.3, 0.4) is 0 Å². The Morgan fingerprint density at radius 2 is 1.76 bits per heavy atom. The van der Waals surface area contributed by atoms with Crippen LogP contribution in [0.1, 0.15) is 76.0 Å². The average Bonchev–Trinajstić information content (AvgIpc) is 3.15. The number of fused-ring (bicyclic) bond motifs is 2. The molecule has 178 valence electrons. The number of carbonyl (C=O) groups is 2. The number of hydrogen-bond donors (Lipinski definition) is 2. The summed E-state index contributed by atoms with van der Waals surface area (Å²) in [6.07, 6.45) is 8.12. The van der Waals surface area contributed by atoms with Crippen LogP contribution in [0.15, 0.2) is 24.4 Å². The van der Waals surface area contributed by atoms with Crippen molar-refractivity contribution < 1.29 is 9.59 Å². The van der Waals surface area contributed by atoms with Crippen molar-refractivity contribution in [3.63, 3.8) is 0 Å². The van der Waals surface area contributed by atoms with Gasteiger partial charge in [-0.15, -0.1) is 0 Å². The molecular formula is C27H38N4O2. The molecule has 0 bridgehead atoms. The molecule has 1 saturated heterocycles. The van der Waals surface area contributed by atoms with Gasteiger partial charge in [-0.25, -0.2) is 0 Å². The molecule has 0 radical (unpaired) electrons. The minimum Gasteiger partial charge on any atom is -0.354 e. The van der Waals surface area contributed by atoms with Gasteiger partial charge in [-0.1, -0.05) is 12.1 Å². The Hall–Kier alpha value is -2.34. The van der Waals surface area contributed by atoms with Crippen LogP contribution >= 0.6 is 0 Å². The van der Waals surface area contributed by atoms with Crippen LogP contribution in [-0.2, 0) is 16.0 Å². The molecule has 6 nitrogen and oxygen atoms in total. The molecule has 1 unspecified atom stereocenters. The number of likely N-dealkylation sites (N-methyl/N-ethyl adjacent to an activating group) is 1. The van der Waals surface area contributed by atoms with Gasteiger partial charge in [-0.3, -0.25) is 9.59 Å². The minimum absolute atomic E-state index is 0.0216. The highest BCUT2D eigenvalue weighted by Gasteiger charge is 2.42. The predicted octanol–water partition coefficient (Wildman–Crippen LogP) is 3.75. The number of rotatable bonds is 4. The molecule has 1 aromatic heterocycles. The number of benzene rings is 1. The second kappa shape index (κ2) is 8.79. The summed E-state index contributed by atoms with van der Waals surface area (Å²) in [5.74, 6) is 0.667. The first-order chi connectivity index (χ1) is 15.8. The summed E-state index contributed by atoms with van der Waals surface area (Å²) in [6, 6.07) is 8.12.